The van der Waals surface area contributed by atoms with Crippen molar-refractivity contribution in [1.82, 2.24) is 10.2 Å². The van der Waals surface area contributed by atoms with Crippen molar-refractivity contribution in [2.45, 2.75) is 19.0 Å². The molecule has 1 saturated heterocycles. The van der Waals surface area contributed by atoms with Gasteiger partial charge in [-0.05, 0) is 52.0 Å². The quantitative estimate of drug-likeness (QED) is 0.664. The van der Waals surface area contributed by atoms with Crippen LogP contribution in [-0.2, 0) is 16.9 Å². The highest BCUT2D eigenvalue weighted by Gasteiger charge is 2.51. The van der Waals surface area contributed by atoms with Crippen molar-refractivity contribution in [2.24, 2.45) is 0 Å². The summed E-state index contributed by atoms with van der Waals surface area (Å²) in [5, 5.41) is 5.59. The van der Waals surface area contributed by atoms with E-state index in [9.17, 15) is 9.59 Å². The van der Waals surface area contributed by atoms with Crippen LogP contribution in [0.2, 0.25) is 0 Å². The molecule has 0 aliphatic carbocycles. The smallest absolute Gasteiger partial charge is 0.325 e. The number of furan rings is 1. The van der Waals surface area contributed by atoms with Crippen molar-refractivity contribution in [3.05, 3.63) is 56.9 Å². The molecule has 1 N–H and O–H groups in total. The third kappa shape index (κ3) is 2.35. The van der Waals surface area contributed by atoms with Gasteiger partial charge in [0.15, 0.2) is 5.54 Å². The lowest BCUT2D eigenvalue weighted by molar-refractivity contribution is -0.132. The molecule has 122 valence electrons. The highest BCUT2D eigenvalue weighted by Crippen LogP contribution is 2.34. The van der Waals surface area contributed by atoms with Crippen LogP contribution in [0, 0.1) is 0 Å². The van der Waals surface area contributed by atoms with Gasteiger partial charge in [0.25, 0.3) is 5.91 Å². The number of fused-ring (bicyclic) bond motifs is 1. The third-order valence-electron chi connectivity index (χ3n) is 4.16. The monoisotopic (exact) mass is 404 g/mol. The summed E-state index contributed by atoms with van der Waals surface area (Å²) in [6.07, 6.45) is 0. The molecular formula is C17H13BrN2O3S. The second-order valence-corrected chi connectivity index (χ2v) is 8.14. The molecule has 1 aliphatic rings. The van der Waals surface area contributed by atoms with Crippen LogP contribution in [0.4, 0.5) is 4.79 Å². The van der Waals surface area contributed by atoms with Gasteiger partial charge in [-0.1, -0.05) is 18.2 Å². The van der Waals surface area contributed by atoms with Crippen LogP contribution < -0.4 is 5.32 Å². The van der Waals surface area contributed by atoms with Crippen molar-refractivity contribution < 1.29 is 14.0 Å². The Morgan fingerprint density at radius 2 is 2.08 bits per heavy atom. The van der Waals surface area contributed by atoms with E-state index in [0.29, 0.717) is 11.3 Å². The number of para-hydroxylation sites is 1. The zero-order chi connectivity index (χ0) is 16.9. The van der Waals surface area contributed by atoms with E-state index >= 15 is 0 Å². The van der Waals surface area contributed by atoms with Gasteiger partial charge < -0.3 is 9.73 Å². The summed E-state index contributed by atoms with van der Waals surface area (Å²) in [6.45, 7) is 1.91. The Hall–Kier alpha value is -2.12. The maximum absolute atomic E-state index is 12.9. The first-order valence-electron chi connectivity index (χ1n) is 7.33. The number of nitrogens with one attached hydrogen (secondary N) is 1. The van der Waals surface area contributed by atoms with Crippen LogP contribution in [0.15, 0.2) is 50.0 Å². The molecule has 1 fully saturated rings. The number of hydrogen-bond acceptors (Lipinski definition) is 4. The first-order valence-corrected chi connectivity index (χ1v) is 9.01. The first kappa shape index (κ1) is 15.4. The van der Waals surface area contributed by atoms with Gasteiger partial charge in [0.05, 0.1) is 10.3 Å². The Bertz CT molecular complexity index is 931. The van der Waals surface area contributed by atoms with Crippen LogP contribution in [0.5, 0.6) is 0 Å². The Morgan fingerprint density at radius 3 is 2.79 bits per heavy atom. The van der Waals surface area contributed by atoms with Gasteiger partial charge in [0, 0.05) is 5.39 Å². The Labute approximate surface area is 150 Å². The molecule has 4 rings (SSSR count). The topological polar surface area (TPSA) is 62.6 Å². The average Bonchev–Trinajstić information content (AvgIpc) is 3.22. The molecule has 1 aliphatic heterocycles. The number of carbonyl (C=O) groups excluding carboxylic acids is 2. The molecule has 0 saturated carbocycles. The fourth-order valence-corrected chi connectivity index (χ4v) is 4.05. The van der Waals surface area contributed by atoms with Gasteiger partial charge in [-0.2, -0.15) is 0 Å². The van der Waals surface area contributed by atoms with E-state index in [1.54, 1.807) is 13.0 Å². The Morgan fingerprint density at radius 1 is 1.29 bits per heavy atom. The SMILES string of the molecule is C[C@@]1(c2cc3ccccc3o2)NC(=O)N(Cc2csc(Br)c2)C1=O. The second kappa shape index (κ2) is 5.46. The van der Waals surface area contributed by atoms with Crippen LogP contribution in [0.25, 0.3) is 11.0 Å². The predicted molar refractivity (Wildman–Crippen MR) is 94.7 cm³/mol. The maximum atomic E-state index is 12.9. The minimum absolute atomic E-state index is 0.239. The van der Waals surface area contributed by atoms with Crippen LogP contribution in [0.1, 0.15) is 18.2 Å². The van der Waals surface area contributed by atoms with Crippen LogP contribution in [0.3, 0.4) is 0 Å². The summed E-state index contributed by atoms with van der Waals surface area (Å²) < 4.78 is 6.77. The zero-order valence-electron chi connectivity index (χ0n) is 12.7. The number of imide groups is 1. The number of nitrogens with zero attached hydrogens (tertiary/aromatic N) is 1. The predicted octanol–water partition coefficient (Wildman–Crippen LogP) is 4.22. The fraction of sp³-hybridized carbons (Fsp3) is 0.176. The van der Waals surface area contributed by atoms with E-state index in [2.05, 4.69) is 21.2 Å². The summed E-state index contributed by atoms with van der Waals surface area (Å²) in [4.78, 5) is 26.5. The third-order valence-corrected chi connectivity index (χ3v) is 5.71. The maximum Gasteiger partial charge on any atom is 0.325 e. The molecule has 1 aromatic carbocycles. The average molecular weight is 405 g/mol. The van der Waals surface area contributed by atoms with E-state index < -0.39 is 11.6 Å². The normalized spacial score (nSPS) is 20.8. The minimum Gasteiger partial charge on any atom is -0.458 e. The van der Waals surface area contributed by atoms with Gasteiger partial charge in [-0.3, -0.25) is 9.69 Å². The van der Waals surface area contributed by atoms with Gasteiger partial charge in [-0.25, -0.2) is 4.79 Å². The summed E-state index contributed by atoms with van der Waals surface area (Å²) in [6, 6.07) is 10.8. The number of benzene rings is 1. The number of halogens is 1. The summed E-state index contributed by atoms with van der Waals surface area (Å²) in [7, 11) is 0. The Balaban J connectivity index is 1.68. The lowest BCUT2D eigenvalue weighted by atomic mass is 9.99. The van der Waals surface area contributed by atoms with Crippen molar-refractivity contribution >= 4 is 50.2 Å². The van der Waals surface area contributed by atoms with Gasteiger partial charge in [0.1, 0.15) is 11.3 Å². The minimum atomic E-state index is -1.19. The first-order chi connectivity index (χ1) is 11.5. The van der Waals surface area contributed by atoms with Crippen molar-refractivity contribution in [2.75, 3.05) is 0 Å². The van der Waals surface area contributed by atoms with E-state index in [-0.39, 0.29) is 12.5 Å². The number of amides is 3. The molecule has 0 spiro atoms. The van der Waals surface area contributed by atoms with Crippen molar-refractivity contribution in [1.29, 1.82) is 0 Å². The molecule has 0 unspecified atom stereocenters. The van der Waals surface area contributed by atoms with Crippen molar-refractivity contribution in [3.8, 4) is 0 Å². The molecular weight excluding hydrogens is 392 g/mol. The molecule has 5 nitrogen and oxygen atoms in total. The van der Waals surface area contributed by atoms with Crippen molar-refractivity contribution in [3.63, 3.8) is 0 Å². The zero-order valence-corrected chi connectivity index (χ0v) is 15.1. The van der Waals surface area contributed by atoms with Gasteiger partial charge in [0.2, 0.25) is 0 Å². The van der Waals surface area contributed by atoms with Gasteiger partial charge >= 0.3 is 6.03 Å². The highest BCUT2D eigenvalue weighted by atomic mass is 79.9. The summed E-state index contributed by atoms with van der Waals surface area (Å²) in [5.74, 6) is 0.130. The molecule has 0 bridgehead atoms. The largest absolute Gasteiger partial charge is 0.458 e. The van der Waals surface area contributed by atoms with E-state index in [1.165, 1.54) is 16.2 Å². The number of urea groups is 1. The molecule has 2 aromatic heterocycles. The van der Waals surface area contributed by atoms with E-state index in [0.717, 1.165) is 14.7 Å². The highest BCUT2D eigenvalue weighted by molar-refractivity contribution is 9.11. The number of carbonyl (C=O) groups is 2. The fourth-order valence-electron chi connectivity index (χ4n) is 2.85. The number of hydrogen-bond donors (Lipinski definition) is 1. The summed E-state index contributed by atoms with van der Waals surface area (Å²) in [5.41, 5.74) is 0.406. The molecule has 0 radical (unpaired) electrons. The molecule has 3 aromatic rings. The number of rotatable bonds is 3. The standard InChI is InChI=1S/C17H13BrN2O3S/c1-17(13-7-11-4-2-3-5-12(11)23-13)15(21)20(16(22)19-17)8-10-6-14(18)24-9-10/h2-7,9H,8H2,1H3,(H,19,22)/t17-/m0/s1. The molecule has 3 amide bonds. The lowest BCUT2D eigenvalue weighted by Crippen LogP contribution is -2.40. The van der Waals surface area contributed by atoms with Crippen LogP contribution >= 0.6 is 27.3 Å². The summed E-state index contributed by atoms with van der Waals surface area (Å²) >= 11 is 4.91. The molecule has 7 heteroatoms. The lowest BCUT2D eigenvalue weighted by Gasteiger charge is -2.18. The molecule has 3 heterocycles. The number of thiophene rings is 1. The second-order valence-electron chi connectivity index (χ2n) is 5.85. The van der Waals surface area contributed by atoms with Gasteiger partial charge in [-0.15, -0.1) is 11.3 Å². The van der Waals surface area contributed by atoms with E-state index in [4.69, 9.17) is 4.42 Å². The van der Waals surface area contributed by atoms with E-state index in [1.807, 2.05) is 35.7 Å². The molecule has 1 atom stereocenters. The Kier molecular flexibility index (Phi) is 3.51. The molecule has 24 heavy (non-hydrogen) atoms. The van der Waals surface area contributed by atoms with Crippen LogP contribution in [-0.4, -0.2) is 16.8 Å².